The Labute approximate surface area is 114 Å². The number of methoxy groups -OCH3 is 1. The lowest BCUT2D eigenvalue weighted by Crippen LogP contribution is -2.26. The molecule has 0 spiro atoms. The highest BCUT2D eigenvalue weighted by atomic mass is 16.5. The first-order chi connectivity index (χ1) is 9.33. The summed E-state index contributed by atoms with van der Waals surface area (Å²) in [5.74, 6) is 0.929. The third kappa shape index (κ3) is 3.91. The van der Waals surface area contributed by atoms with Crippen molar-refractivity contribution < 1.29 is 4.74 Å². The lowest BCUT2D eigenvalue weighted by Gasteiger charge is -2.18. The number of aromatic nitrogens is 2. The monoisotopic (exact) mass is 259 g/mol. The average molecular weight is 259 g/mol. The lowest BCUT2D eigenvalue weighted by atomic mass is 10.2. The van der Waals surface area contributed by atoms with Crippen LogP contribution in [-0.4, -0.2) is 41.7 Å². The zero-order valence-corrected chi connectivity index (χ0v) is 11.6. The van der Waals surface area contributed by atoms with E-state index in [-0.39, 0.29) is 0 Å². The second-order valence-corrected chi connectivity index (χ2v) is 4.48. The molecule has 4 nitrogen and oxygen atoms in total. The zero-order chi connectivity index (χ0) is 13.5. The summed E-state index contributed by atoms with van der Waals surface area (Å²) in [6.45, 7) is 5.73. The highest BCUT2D eigenvalue weighted by Crippen LogP contribution is 2.15. The van der Waals surface area contributed by atoms with Crippen LogP contribution in [0.2, 0.25) is 0 Å². The van der Waals surface area contributed by atoms with Gasteiger partial charge in [-0.25, -0.2) is 4.98 Å². The summed E-state index contributed by atoms with van der Waals surface area (Å²) in [6.07, 6.45) is 1.91. The van der Waals surface area contributed by atoms with Crippen LogP contribution in [0.25, 0.3) is 11.4 Å². The third-order valence-electron chi connectivity index (χ3n) is 3.13. The van der Waals surface area contributed by atoms with Gasteiger partial charge in [0.15, 0.2) is 0 Å². The number of aromatic amines is 1. The molecule has 1 N–H and O–H groups in total. The number of rotatable bonds is 7. The Hall–Kier alpha value is -1.65. The molecule has 1 heterocycles. The van der Waals surface area contributed by atoms with Crippen LogP contribution in [0.1, 0.15) is 12.6 Å². The maximum absolute atomic E-state index is 5.12. The molecule has 0 aliphatic heterocycles. The van der Waals surface area contributed by atoms with E-state index in [4.69, 9.17) is 4.74 Å². The van der Waals surface area contributed by atoms with Gasteiger partial charge in [0, 0.05) is 37.7 Å². The molecule has 0 amide bonds. The molecule has 2 rings (SSSR count). The van der Waals surface area contributed by atoms with Crippen LogP contribution in [0.15, 0.2) is 36.5 Å². The third-order valence-corrected chi connectivity index (χ3v) is 3.13. The quantitative estimate of drug-likeness (QED) is 0.830. The van der Waals surface area contributed by atoms with Gasteiger partial charge in [-0.2, -0.15) is 0 Å². The van der Waals surface area contributed by atoms with Gasteiger partial charge in [0.05, 0.1) is 6.61 Å². The summed E-state index contributed by atoms with van der Waals surface area (Å²) >= 11 is 0. The molecule has 4 heteroatoms. The summed E-state index contributed by atoms with van der Waals surface area (Å²) < 4.78 is 5.12. The van der Waals surface area contributed by atoms with E-state index in [0.29, 0.717) is 0 Å². The zero-order valence-electron chi connectivity index (χ0n) is 11.6. The molecule has 0 fully saturated rings. The van der Waals surface area contributed by atoms with Gasteiger partial charge in [-0.15, -0.1) is 0 Å². The van der Waals surface area contributed by atoms with Crippen molar-refractivity contribution in [1.29, 1.82) is 0 Å². The number of ether oxygens (including phenoxy) is 1. The molecule has 19 heavy (non-hydrogen) atoms. The number of hydrogen-bond donors (Lipinski definition) is 1. The predicted octanol–water partition coefficient (Wildman–Crippen LogP) is 2.54. The van der Waals surface area contributed by atoms with E-state index in [1.807, 2.05) is 24.4 Å². The molecule has 0 aliphatic carbocycles. The van der Waals surface area contributed by atoms with Crippen molar-refractivity contribution in [1.82, 2.24) is 14.9 Å². The topological polar surface area (TPSA) is 41.1 Å². The van der Waals surface area contributed by atoms with Crippen molar-refractivity contribution >= 4 is 0 Å². The van der Waals surface area contributed by atoms with E-state index in [1.54, 1.807) is 7.11 Å². The highest BCUT2D eigenvalue weighted by molar-refractivity contribution is 5.54. The summed E-state index contributed by atoms with van der Waals surface area (Å²) in [5, 5.41) is 0. The Balaban J connectivity index is 2.01. The van der Waals surface area contributed by atoms with Crippen LogP contribution < -0.4 is 0 Å². The van der Waals surface area contributed by atoms with Gasteiger partial charge in [0.1, 0.15) is 5.82 Å². The number of nitrogens with one attached hydrogen (secondary N) is 1. The van der Waals surface area contributed by atoms with Crippen LogP contribution in [-0.2, 0) is 11.3 Å². The second-order valence-electron chi connectivity index (χ2n) is 4.48. The van der Waals surface area contributed by atoms with E-state index in [2.05, 4.69) is 33.9 Å². The van der Waals surface area contributed by atoms with Gasteiger partial charge in [0.25, 0.3) is 0 Å². The molecule has 102 valence electrons. The smallest absolute Gasteiger partial charge is 0.137 e. The average Bonchev–Trinajstić information content (AvgIpc) is 2.93. The standard InChI is InChI=1S/C15H21N3O/c1-3-18(9-10-19-2)12-14-11-16-15(17-14)13-7-5-4-6-8-13/h4-8,11H,3,9-10,12H2,1-2H3,(H,16,17). The van der Waals surface area contributed by atoms with Crippen molar-refractivity contribution in [2.24, 2.45) is 0 Å². The number of benzene rings is 1. The Kier molecular flexibility index (Phi) is 5.12. The molecule has 1 aromatic carbocycles. The van der Waals surface area contributed by atoms with E-state index in [1.165, 1.54) is 0 Å². The fourth-order valence-corrected chi connectivity index (χ4v) is 1.99. The van der Waals surface area contributed by atoms with Crippen molar-refractivity contribution in [2.75, 3.05) is 26.8 Å². The molecule has 0 aliphatic rings. The molecule has 0 atom stereocenters. The van der Waals surface area contributed by atoms with Crippen LogP contribution in [0.5, 0.6) is 0 Å². The van der Waals surface area contributed by atoms with E-state index in [9.17, 15) is 0 Å². The predicted molar refractivity (Wildman–Crippen MR) is 76.9 cm³/mol. The minimum absolute atomic E-state index is 0.757. The van der Waals surface area contributed by atoms with E-state index in [0.717, 1.165) is 43.3 Å². The highest BCUT2D eigenvalue weighted by Gasteiger charge is 2.07. The molecule has 0 saturated carbocycles. The van der Waals surface area contributed by atoms with Gasteiger partial charge < -0.3 is 9.72 Å². The summed E-state index contributed by atoms with van der Waals surface area (Å²) in [6, 6.07) is 10.2. The first-order valence-corrected chi connectivity index (χ1v) is 6.64. The fraction of sp³-hybridized carbons (Fsp3) is 0.400. The lowest BCUT2D eigenvalue weighted by molar-refractivity contribution is 0.147. The molecule has 0 bridgehead atoms. The van der Waals surface area contributed by atoms with E-state index < -0.39 is 0 Å². The number of hydrogen-bond acceptors (Lipinski definition) is 3. The Morgan fingerprint density at radius 3 is 2.74 bits per heavy atom. The maximum Gasteiger partial charge on any atom is 0.137 e. The second kappa shape index (κ2) is 7.07. The van der Waals surface area contributed by atoms with Gasteiger partial charge in [-0.05, 0) is 6.54 Å². The molecular weight excluding hydrogens is 238 g/mol. The largest absolute Gasteiger partial charge is 0.383 e. The Morgan fingerprint density at radius 2 is 2.05 bits per heavy atom. The summed E-state index contributed by atoms with van der Waals surface area (Å²) in [4.78, 5) is 10.1. The van der Waals surface area contributed by atoms with Crippen LogP contribution in [0.3, 0.4) is 0 Å². The molecule has 0 saturated heterocycles. The number of nitrogens with zero attached hydrogens (tertiary/aromatic N) is 2. The van der Waals surface area contributed by atoms with Crippen LogP contribution >= 0.6 is 0 Å². The first-order valence-electron chi connectivity index (χ1n) is 6.64. The van der Waals surface area contributed by atoms with E-state index >= 15 is 0 Å². The maximum atomic E-state index is 5.12. The summed E-state index contributed by atoms with van der Waals surface area (Å²) in [5.41, 5.74) is 2.26. The Bertz CT molecular complexity index is 481. The molecule has 0 unspecified atom stereocenters. The Morgan fingerprint density at radius 1 is 1.26 bits per heavy atom. The molecular formula is C15H21N3O. The summed E-state index contributed by atoms with van der Waals surface area (Å²) in [7, 11) is 1.73. The SMILES string of the molecule is CCN(CCOC)Cc1cnc(-c2ccccc2)[nH]1. The van der Waals surface area contributed by atoms with Gasteiger partial charge in [-0.1, -0.05) is 37.3 Å². The van der Waals surface area contributed by atoms with Gasteiger partial charge in [0.2, 0.25) is 0 Å². The van der Waals surface area contributed by atoms with Crippen molar-refractivity contribution in [2.45, 2.75) is 13.5 Å². The van der Waals surface area contributed by atoms with Crippen molar-refractivity contribution in [3.63, 3.8) is 0 Å². The minimum Gasteiger partial charge on any atom is -0.383 e. The molecule has 1 aromatic heterocycles. The van der Waals surface area contributed by atoms with Gasteiger partial charge >= 0.3 is 0 Å². The number of likely N-dealkylation sites (N-methyl/N-ethyl adjacent to an activating group) is 1. The molecule has 0 radical (unpaired) electrons. The fourth-order valence-electron chi connectivity index (χ4n) is 1.99. The first kappa shape index (κ1) is 13.8. The van der Waals surface area contributed by atoms with Crippen LogP contribution in [0, 0.1) is 0 Å². The van der Waals surface area contributed by atoms with Crippen LogP contribution in [0.4, 0.5) is 0 Å². The number of H-pyrrole nitrogens is 1. The van der Waals surface area contributed by atoms with Crippen molar-refractivity contribution in [3.8, 4) is 11.4 Å². The van der Waals surface area contributed by atoms with Gasteiger partial charge in [-0.3, -0.25) is 4.90 Å². The normalized spacial score (nSPS) is 11.1. The minimum atomic E-state index is 0.757. The van der Waals surface area contributed by atoms with Crippen molar-refractivity contribution in [3.05, 3.63) is 42.2 Å². The number of imidazole rings is 1. The molecule has 2 aromatic rings.